The lowest BCUT2D eigenvalue weighted by atomic mass is 10.1. The molecule has 1 aliphatic heterocycles. The van der Waals surface area contributed by atoms with Gasteiger partial charge in [-0.3, -0.25) is 0 Å². The van der Waals surface area contributed by atoms with Crippen LogP contribution in [0.3, 0.4) is 0 Å². The largest absolute Gasteiger partial charge is 0.493 e. The molecule has 0 saturated carbocycles. The normalized spacial score (nSPS) is 13.5. The number of hydrogen-bond donors (Lipinski definition) is 2. The van der Waals surface area contributed by atoms with E-state index in [1.807, 2.05) is 30.3 Å². The number of nitrogens with one attached hydrogen (secondary N) is 1. The molecule has 190 valence electrons. The van der Waals surface area contributed by atoms with Gasteiger partial charge in [0.25, 0.3) is 0 Å². The number of nitrogens with zero attached hydrogens (tertiary/aromatic N) is 5. The minimum atomic E-state index is -0.178. The van der Waals surface area contributed by atoms with Crippen molar-refractivity contribution in [1.29, 1.82) is 0 Å². The number of hydrogen-bond acceptors (Lipinski definition) is 8. The monoisotopic (exact) mass is 519 g/mol. The van der Waals surface area contributed by atoms with Gasteiger partial charge >= 0.3 is 6.03 Å². The van der Waals surface area contributed by atoms with Crippen LogP contribution in [0.25, 0.3) is 22.3 Å². The Kier molecular flexibility index (Phi) is 6.82. The maximum Gasteiger partial charge on any atom is 0.321 e. The van der Waals surface area contributed by atoms with Gasteiger partial charge in [0, 0.05) is 42.5 Å². The van der Waals surface area contributed by atoms with Crippen LogP contribution in [-0.4, -0.2) is 66.3 Å². The lowest BCUT2D eigenvalue weighted by molar-refractivity contribution is 0.208. The van der Waals surface area contributed by atoms with Crippen molar-refractivity contribution in [3.63, 3.8) is 0 Å². The molecule has 0 bridgehead atoms. The number of anilines is 3. The van der Waals surface area contributed by atoms with Gasteiger partial charge in [-0.25, -0.2) is 14.8 Å². The van der Waals surface area contributed by atoms with Crippen LogP contribution in [0, 0.1) is 0 Å². The Labute approximate surface area is 219 Å². The van der Waals surface area contributed by atoms with Crippen molar-refractivity contribution in [2.24, 2.45) is 0 Å². The number of amides is 2. The molecule has 3 heterocycles. The second-order valence-corrected chi connectivity index (χ2v) is 8.89. The van der Waals surface area contributed by atoms with Crippen molar-refractivity contribution in [3.05, 3.63) is 59.6 Å². The number of fused-ring (bicyclic) bond motifs is 1. The number of rotatable bonds is 5. The van der Waals surface area contributed by atoms with Crippen molar-refractivity contribution in [2.45, 2.75) is 0 Å². The van der Waals surface area contributed by atoms with E-state index in [-0.39, 0.29) is 12.0 Å². The molecule has 0 unspecified atom stereocenters. The highest BCUT2D eigenvalue weighted by atomic mass is 35.5. The predicted molar refractivity (Wildman–Crippen MR) is 145 cm³/mol. The third kappa shape index (κ3) is 5.14. The van der Waals surface area contributed by atoms with Crippen molar-refractivity contribution >= 4 is 46.1 Å². The number of nitrogens with two attached hydrogens (primary N) is 1. The lowest BCUT2D eigenvalue weighted by Gasteiger charge is -2.35. The SMILES string of the molecule is COc1ccc(-c2ccc3nc(N)nc(N4CCN(C(=O)Nc5cccc(Cl)c5)CC4)c3n2)cc1OC. The molecule has 11 heteroatoms. The van der Waals surface area contributed by atoms with Gasteiger partial charge in [0.2, 0.25) is 5.95 Å². The highest BCUT2D eigenvalue weighted by Crippen LogP contribution is 2.33. The third-order valence-corrected chi connectivity index (χ3v) is 6.40. The molecule has 0 aliphatic carbocycles. The van der Waals surface area contributed by atoms with E-state index < -0.39 is 0 Å². The topological polar surface area (TPSA) is 119 Å². The molecule has 0 atom stereocenters. The first kappa shape index (κ1) is 24.4. The maximum atomic E-state index is 12.8. The van der Waals surface area contributed by atoms with E-state index >= 15 is 0 Å². The van der Waals surface area contributed by atoms with Gasteiger partial charge in [-0.15, -0.1) is 0 Å². The summed E-state index contributed by atoms with van der Waals surface area (Å²) in [5.41, 5.74) is 9.57. The standard InChI is InChI=1S/C26H26ClN7O3/c1-36-21-9-6-16(14-22(21)37-2)19-7-8-20-23(30-19)24(32-25(28)31-20)33-10-12-34(13-11-33)26(35)29-18-5-3-4-17(27)15-18/h3-9,14-15H,10-13H2,1-2H3,(H,29,35)(H2,28,31,32). The van der Waals surface area contributed by atoms with Gasteiger partial charge in [-0.05, 0) is 48.5 Å². The van der Waals surface area contributed by atoms with Crippen LogP contribution < -0.4 is 25.4 Å². The minimum Gasteiger partial charge on any atom is -0.493 e. The highest BCUT2D eigenvalue weighted by Gasteiger charge is 2.24. The molecule has 1 fully saturated rings. The number of nitrogen functional groups attached to an aromatic ring is 1. The van der Waals surface area contributed by atoms with Crippen molar-refractivity contribution in [1.82, 2.24) is 19.9 Å². The van der Waals surface area contributed by atoms with E-state index in [4.69, 9.17) is 31.8 Å². The van der Waals surface area contributed by atoms with E-state index in [1.54, 1.807) is 43.4 Å². The minimum absolute atomic E-state index is 0.171. The summed E-state index contributed by atoms with van der Waals surface area (Å²) in [7, 11) is 3.19. The molecule has 0 spiro atoms. The molecule has 5 rings (SSSR count). The maximum absolute atomic E-state index is 12.8. The number of piperazine rings is 1. The Hall–Kier alpha value is -4.31. The number of pyridine rings is 1. The zero-order valence-electron chi connectivity index (χ0n) is 20.4. The lowest BCUT2D eigenvalue weighted by Crippen LogP contribution is -2.50. The fourth-order valence-electron chi connectivity index (χ4n) is 4.28. The van der Waals surface area contributed by atoms with Crippen molar-refractivity contribution < 1.29 is 14.3 Å². The molecule has 2 aromatic carbocycles. The zero-order valence-corrected chi connectivity index (χ0v) is 21.2. The third-order valence-electron chi connectivity index (χ3n) is 6.16. The molecule has 37 heavy (non-hydrogen) atoms. The summed E-state index contributed by atoms with van der Waals surface area (Å²) < 4.78 is 10.8. The zero-order chi connectivity index (χ0) is 25.9. The van der Waals surface area contributed by atoms with E-state index in [0.29, 0.717) is 65.2 Å². The van der Waals surface area contributed by atoms with Gasteiger partial charge in [0.05, 0.1) is 25.4 Å². The molecule has 10 nitrogen and oxygen atoms in total. The van der Waals surface area contributed by atoms with Gasteiger partial charge < -0.3 is 30.3 Å². The van der Waals surface area contributed by atoms with Crippen LogP contribution in [0.2, 0.25) is 5.02 Å². The second kappa shape index (κ2) is 10.4. The summed E-state index contributed by atoms with van der Waals surface area (Å²) in [6, 6.07) is 16.3. The molecule has 2 aromatic heterocycles. The smallest absolute Gasteiger partial charge is 0.321 e. The summed E-state index contributed by atoms with van der Waals surface area (Å²) in [5.74, 6) is 2.06. The number of urea groups is 1. The van der Waals surface area contributed by atoms with E-state index in [0.717, 1.165) is 11.3 Å². The van der Waals surface area contributed by atoms with E-state index in [9.17, 15) is 4.79 Å². The van der Waals surface area contributed by atoms with Crippen molar-refractivity contribution in [2.75, 3.05) is 56.3 Å². The summed E-state index contributed by atoms with van der Waals surface area (Å²) in [4.78, 5) is 30.4. The fourth-order valence-corrected chi connectivity index (χ4v) is 4.47. The van der Waals surface area contributed by atoms with Crippen LogP contribution in [-0.2, 0) is 0 Å². The number of methoxy groups -OCH3 is 2. The first-order chi connectivity index (χ1) is 17.9. The summed E-state index contributed by atoms with van der Waals surface area (Å²) in [6.07, 6.45) is 0. The molecule has 4 aromatic rings. The Bertz CT molecular complexity index is 1460. The number of benzene rings is 2. The molecule has 0 radical (unpaired) electrons. The summed E-state index contributed by atoms with van der Waals surface area (Å²) in [6.45, 7) is 2.15. The number of carbonyl (C=O) groups is 1. The van der Waals surface area contributed by atoms with Crippen LogP contribution in [0.15, 0.2) is 54.6 Å². The fraction of sp³-hybridized carbons (Fsp3) is 0.231. The number of halogens is 1. The van der Waals surface area contributed by atoms with Gasteiger partial charge in [0.15, 0.2) is 17.3 Å². The molecular formula is C26H26ClN7O3. The summed E-state index contributed by atoms with van der Waals surface area (Å²) in [5, 5.41) is 3.46. The van der Waals surface area contributed by atoms with Crippen LogP contribution in [0.1, 0.15) is 0 Å². The number of aromatic nitrogens is 3. The van der Waals surface area contributed by atoms with Gasteiger partial charge in [-0.2, -0.15) is 4.98 Å². The first-order valence-corrected chi connectivity index (χ1v) is 12.1. The average molecular weight is 520 g/mol. The van der Waals surface area contributed by atoms with Crippen molar-refractivity contribution in [3.8, 4) is 22.8 Å². The van der Waals surface area contributed by atoms with Crippen LogP contribution >= 0.6 is 11.6 Å². The van der Waals surface area contributed by atoms with Crippen LogP contribution in [0.4, 0.5) is 22.2 Å². The Morgan fingerprint density at radius 3 is 2.46 bits per heavy atom. The molecule has 1 saturated heterocycles. The Morgan fingerprint density at radius 1 is 0.946 bits per heavy atom. The second-order valence-electron chi connectivity index (χ2n) is 8.45. The van der Waals surface area contributed by atoms with Gasteiger partial charge in [-0.1, -0.05) is 17.7 Å². The average Bonchev–Trinajstić information content (AvgIpc) is 2.92. The number of carbonyl (C=O) groups excluding carboxylic acids is 1. The molecule has 1 aliphatic rings. The first-order valence-electron chi connectivity index (χ1n) is 11.7. The number of ether oxygens (including phenoxy) is 2. The summed E-state index contributed by atoms with van der Waals surface area (Å²) >= 11 is 6.03. The molecule has 3 N–H and O–H groups in total. The van der Waals surface area contributed by atoms with E-state index in [2.05, 4.69) is 20.2 Å². The quantitative estimate of drug-likeness (QED) is 0.400. The van der Waals surface area contributed by atoms with Gasteiger partial charge in [0.1, 0.15) is 5.52 Å². The molecular weight excluding hydrogens is 494 g/mol. The Balaban J connectivity index is 1.38. The predicted octanol–water partition coefficient (Wildman–Crippen LogP) is 4.30. The Morgan fingerprint density at radius 2 is 1.73 bits per heavy atom. The van der Waals surface area contributed by atoms with Crippen LogP contribution in [0.5, 0.6) is 11.5 Å². The van der Waals surface area contributed by atoms with E-state index in [1.165, 1.54) is 0 Å². The highest BCUT2D eigenvalue weighted by molar-refractivity contribution is 6.30. The molecule has 2 amide bonds.